The standard InChI is InChI=1S/C16H16F3N3O3/c1-24-8-15(7-10-4-2-3-5-12(10)25-9-15)20-14(23)11-6-13(22-21-11)16(17,18)19/h2-6H,7-9H2,1H3,(H,20,23)(H,21,22). The fourth-order valence-corrected chi connectivity index (χ4v) is 2.80. The van der Waals surface area contributed by atoms with E-state index < -0.39 is 23.3 Å². The number of benzene rings is 1. The topological polar surface area (TPSA) is 76.2 Å². The summed E-state index contributed by atoms with van der Waals surface area (Å²) in [4.78, 5) is 12.4. The number of nitrogens with one attached hydrogen (secondary N) is 2. The molecule has 3 rings (SSSR count). The number of ether oxygens (including phenoxy) is 2. The number of para-hydroxylation sites is 1. The van der Waals surface area contributed by atoms with Crippen LogP contribution in [-0.4, -0.2) is 42.0 Å². The first-order valence-corrected chi connectivity index (χ1v) is 7.48. The number of halogens is 3. The molecule has 2 heterocycles. The first kappa shape index (κ1) is 17.3. The van der Waals surface area contributed by atoms with Crippen LogP contribution in [0.2, 0.25) is 0 Å². The molecule has 0 bridgehead atoms. The van der Waals surface area contributed by atoms with Crippen LogP contribution >= 0.6 is 0 Å². The lowest BCUT2D eigenvalue weighted by atomic mass is 9.89. The second-order valence-electron chi connectivity index (χ2n) is 5.91. The highest BCUT2D eigenvalue weighted by atomic mass is 19.4. The number of alkyl halides is 3. The van der Waals surface area contributed by atoms with Crippen LogP contribution in [0.15, 0.2) is 30.3 Å². The van der Waals surface area contributed by atoms with E-state index in [1.165, 1.54) is 7.11 Å². The van der Waals surface area contributed by atoms with Crippen LogP contribution in [0.4, 0.5) is 13.2 Å². The minimum Gasteiger partial charge on any atom is -0.491 e. The average molecular weight is 355 g/mol. The lowest BCUT2D eigenvalue weighted by molar-refractivity contribution is -0.141. The molecule has 9 heteroatoms. The van der Waals surface area contributed by atoms with Crippen molar-refractivity contribution < 1.29 is 27.4 Å². The van der Waals surface area contributed by atoms with Gasteiger partial charge in [-0.1, -0.05) is 18.2 Å². The van der Waals surface area contributed by atoms with E-state index in [9.17, 15) is 18.0 Å². The summed E-state index contributed by atoms with van der Waals surface area (Å²) in [5.41, 5.74) is -1.44. The van der Waals surface area contributed by atoms with Gasteiger partial charge in [0.25, 0.3) is 5.91 Å². The maximum atomic E-state index is 12.6. The fourth-order valence-electron chi connectivity index (χ4n) is 2.80. The van der Waals surface area contributed by atoms with Crippen molar-refractivity contribution in [3.8, 4) is 5.75 Å². The van der Waals surface area contributed by atoms with Crippen LogP contribution < -0.4 is 10.1 Å². The van der Waals surface area contributed by atoms with Crippen molar-refractivity contribution in [1.29, 1.82) is 0 Å². The van der Waals surface area contributed by atoms with Crippen LogP contribution in [0.25, 0.3) is 0 Å². The number of hydrogen-bond acceptors (Lipinski definition) is 4. The SMILES string of the molecule is COCC1(NC(=O)c2cc(C(F)(F)F)[nH]n2)COc2ccccc2C1. The van der Waals surface area contributed by atoms with Crippen LogP contribution in [0.5, 0.6) is 5.75 Å². The molecule has 2 aromatic rings. The molecule has 1 aromatic heterocycles. The molecule has 0 radical (unpaired) electrons. The van der Waals surface area contributed by atoms with Gasteiger partial charge >= 0.3 is 6.18 Å². The summed E-state index contributed by atoms with van der Waals surface area (Å²) in [5, 5.41) is 7.99. The number of carbonyl (C=O) groups excluding carboxylic acids is 1. The second-order valence-corrected chi connectivity index (χ2v) is 5.91. The number of carbonyl (C=O) groups is 1. The quantitative estimate of drug-likeness (QED) is 0.881. The van der Waals surface area contributed by atoms with Gasteiger partial charge in [0.05, 0.1) is 6.61 Å². The third-order valence-electron chi connectivity index (χ3n) is 3.92. The van der Waals surface area contributed by atoms with E-state index in [0.29, 0.717) is 18.2 Å². The lowest BCUT2D eigenvalue weighted by Gasteiger charge is -2.37. The van der Waals surface area contributed by atoms with E-state index in [-0.39, 0.29) is 18.9 Å². The zero-order chi connectivity index (χ0) is 18.1. The van der Waals surface area contributed by atoms with E-state index in [4.69, 9.17) is 9.47 Å². The number of amides is 1. The molecule has 1 aliphatic heterocycles. The zero-order valence-electron chi connectivity index (χ0n) is 13.3. The Morgan fingerprint density at radius 2 is 2.20 bits per heavy atom. The predicted octanol–water partition coefficient (Wildman–Crippen LogP) is 2.18. The molecule has 1 aromatic carbocycles. The van der Waals surface area contributed by atoms with Gasteiger partial charge in [-0.3, -0.25) is 9.89 Å². The molecule has 0 saturated carbocycles. The number of fused-ring (bicyclic) bond motifs is 1. The minimum atomic E-state index is -4.59. The third-order valence-corrected chi connectivity index (χ3v) is 3.92. The average Bonchev–Trinajstić information content (AvgIpc) is 3.05. The normalized spacial score (nSPS) is 19.8. The van der Waals surface area contributed by atoms with Gasteiger partial charge in [-0.2, -0.15) is 18.3 Å². The van der Waals surface area contributed by atoms with Gasteiger partial charge in [0.15, 0.2) is 5.69 Å². The first-order valence-electron chi connectivity index (χ1n) is 7.48. The van der Waals surface area contributed by atoms with Crippen molar-refractivity contribution in [2.24, 2.45) is 0 Å². The van der Waals surface area contributed by atoms with Crippen LogP contribution in [0.1, 0.15) is 21.7 Å². The molecule has 1 atom stereocenters. The molecular weight excluding hydrogens is 339 g/mol. The van der Waals surface area contributed by atoms with E-state index in [1.54, 1.807) is 0 Å². The van der Waals surface area contributed by atoms with Gasteiger partial charge in [-0.05, 0) is 11.6 Å². The Hall–Kier alpha value is -2.55. The Labute approximate surface area is 141 Å². The number of aromatic amines is 1. The van der Waals surface area contributed by atoms with E-state index >= 15 is 0 Å². The smallest absolute Gasteiger partial charge is 0.432 e. The van der Waals surface area contributed by atoms with E-state index in [2.05, 4.69) is 10.4 Å². The predicted molar refractivity (Wildman–Crippen MR) is 81.3 cm³/mol. The van der Waals surface area contributed by atoms with Gasteiger partial charge < -0.3 is 14.8 Å². The van der Waals surface area contributed by atoms with Crippen molar-refractivity contribution >= 4 is 5.91 Å². The van der Waals surface area contributed by atoms with Gasteiger partial charge in [-0.25, -0.2) is 0 Å². The Bertz CT molecular complexity index is 775. The van der Waals surface area contributed by atoms with Gasteiger partial charge in [-0.15, -0.1) is 0 Å². The van der Waals surface area contributed by atoms with Crippen LogP contribution in [0.3, 0.4) is 0 Å². The van der Waals surface area contributed by atoms with Crippen molar-refractivity contribution in [1.82, 2.24) is 15.5 Å². The van der Waals surface area contributed by atoms with Crippen molar-refractivity contribution in [3.05, 3.63) is 47.3 Å². The fraction of sp³-hybridized carbons (Fsp3) is 0.375. The number of rotatable bonds is 4. The molecule has 1 unspecified atom stereocenters. The largest absolute Gasteiger partial charge is 0.491 e. The third kappa shape index (κ3) is 3.60. The Morgan fingerprint density at radius 1 is 1.44 bits per heavy atom. The summed E-state index contributed by atoms with van der Waals surface area (Å²) >= 11 is 0. The van der Waals surface area contributed by atoms with Crippen molar-refractivity contribution in [2.45, 2.75) is 18.1 Å². The number of nitrogens with zero attached hydrogens (tertiary/aromatic N) is 1. The molecule has 0 fully saturated rings. The summed E-state index contributed by atoms with van der Waals surface area (Å²) in [7, 11) is 1.48. The van der Waals surface area contributed by atoms with Crippen molar-refractivity contribution in [2.75, 3.05) is 20.3 Å². The van der Waals surface area contributed by atoms with E-state index in [1.807, 2.05) is 29.4 Å². The Kier molecular flexibility index (Phi) is 4.42. The Balaban J connectivity index is 1.81. The molecule has 0 spiro atoms. The molecular formula is C16H16F3N3O3. The van der Waals surface area contributed by atoms with Gasteiger partial charge in [0, 0.05) is 19.6 Å². The molecule has 134 valence electrons. The highest BCUT2D eigenvalue weighted by Gasteiger charge is 2.39. The minimum absolute atomic E-state index is 0.139. The maximum Gasteiger partial charge on any atom is 0.432 e. The molecule has 1 aliphatic rings. The zero-order valence-corrected chi connectivity index (χ0v) is 13.3. The van der Waals surface area contributed by atoms with Crippen LogP contribution in [0, 0.1) is 0 Å². The monoisotopic (exact) mass is 355 g/mol. The summed E-state index contributed by atoms with van der Waals surface area (Å²) in [5.74, 6) is -0.0191. The number of H-pyrrole nitrogens is 1. The van der Waals surface area contributed by atoms with Gasteiger partial charge in [0.1, 0.15) is 23.6 Å². The number of hydrogen-bond donors (Lipinski definition) is 2. The van der Waals surface area contributed by atoms with E-state index in [0.717, 1.165) is 5.56 Å². The number of methoxy groups -OCH3 is 1. The molecule has 2 N–H and O–H groups in total. The maximum absolute atomic E-state index is 12.6. The summed E-state index contributed by atoms with van der Waals surface area (Å²) in [6, 6.07) is 8.03. The first-order chi connectivity index (χ1) is 11.8. The molecule has 0 aliphatic carbocycles. The van der Waals surface area contributed by atoms with Gasteiger partial charge in [0.2, 0.25) is 0 Å². The second kappa shape index (κ2) is 6.40. The Morgan fingerprint density at radius 3 is 2.88 bits per heavy atom. The summed E-state index contributed by atoms with van der Waals surface area (Å²) in [6.45, 7) is 0.282. The highest BCUT2D eigenvalue weighted by molar-refractivity contribution is 5.93. The molecule has 25 heavy (non-hydrogen) atoms. The lowest BCUT2D eigenvalue weighted by Crippen LogP contribution is -2.59. The summed E-state index contributed by atoms with van der Waals surface area (Å²) in [6.07, 6.45) is -4.16. The molecule has 0 saturated heterocycles. The molecule has 6 nitrogen and oxygen atoms in total. The molecule has 1 amide bonds. The number of aromatic nitrogens is 2. The van der Waals surface area contributed by atoms with Crippen LogP contribution in [-0.2, 0) is 17.3 Å². The van der Waals surface area contributed by atoms with Crippen molar-refractivity contribution in [3.63, 3.8) is 0 Å². The highest BCUT2D eigenvalue weighted by Crippen LogP contribution is 2.30. The summed E-state index contributed by atoms with van der Waals surface area (Å²) < 4.78 is 48.8.